The summed E-state index contributed by atoms with van der Waals surface area (Å²) in [7, 11) is 3.48. The van der Waals surface area contributed by atoms with Gasteiger partial charge >= 0.3 is 0 Å². The van der Waals surface area contributed by atoms with Crippen molar-refractivity contribution < 1.29 is 4.79 Å². The molecule has 0 fully saturated rings. The zero-order valence-corrected chi connectivity index (χ0v) is 10.3. The first kappa shape index (κ1) is 11.0. The van der Waals surface area contributed by atoms with Gasteiger partial charge in [0.15, 0.2) is 5.65 Å². The van der Waals surface area contributed by atoms with Crippen molar-refractivity contribution in [3.05, 3.63) is 30.2 Å². The van der Waals surface area contributed by atoms with Gasteiger partial charge in [-0.3, -0.25) is 4.79 Å². The number of aromatic nitrogens is 2. The third kappa shape index (κ3) is 2.04. The summed E-state index contributed by atoms with van der Waals surface area (Å²) >= 11 is 1.20. The summed E-state index contributed by atoms with van der Waals surface area (Å²) in [6.07, 6.45) is 3.87. The van der Waals surface area contributed by atoms with Crippen molar-refractivity contribution in [3.63, 3.8) is 0 Å². The summed E-state index contributed by atoms with van der Waals surface area (Å²) in [6.45, 7) is 1.94. The van der Waals surface area contributed by atoms with E-state index in [0.29, 0.717) is 0 Å². The van der Waals surface area contributed by atoms with Gasteiger partial charge < -0.3 is 9.30 Å². The lowest BCUT2D eigenvalue weighted by Gasteiger charge is -2.09. The van der Waals surface area contributed by atoms with Crippen molar-refractivity contribution in [2.45, 2.75) is 11.8 Å². The largest absolute Gasteiger partial charge is 0.339 e. The van der Waals surface area contributed by atoms with E-state index in [1.54, 1.807) is 19.0 Å². The Kier molecular flexibility index (Phi) is 2.87. The van der Waals surface area contributed by atoms with Gasteiger partial charge in [-0.2, -0.15) is 0 Å². The van der Waals surface area contributed by atoms with E-state index in [1.807, 2.05) is 35.9 Å². The highest BCUT2D eigenvalue weighted by Gasteiger charge is 2.11. The molecule has 84 valence electrons. The number of hydrogen-bond acceptors (Lipinski definition) is 3. The summed E-state index contributed by atoms with van der Waals surface area (Å²) in [5.74, 6) is 0. The highest BCUT2D eigenvalue weighted by atomic mass is 32.2. The second kappa shape index (κ2) is 4.17. The topological polar surface area (TPSA) is 37.6 Å². The highest BCUT2D eigenvalue weighted by molar-refractivity contribution is 8.13. The van der Waals surface area contributed by atoms with E-state index in [-0.39, 0.29) is 5.24 Å². The molecule has 0 unspecified atom stereocenters. The van der Waals surface area contributed by atoms with Crippen molar-refractivity contribution in [1.29, 1.82) is 0 Å². The number of pyridine rings is 1. The molecule has 0 spiro atoms. The van der Waals surface area contributed by atoms with Crippen LogP contribution in [-0.4, -0.2) is 33.6 Å². The fraction of sp³-hybridized carbons (Fsp3) is 0.273. The molecular formula is C11H13N3OS. The Morgan fingerprint density at radius 2 is 2.25 bits per heavy atom. The van der Waals surface area contributed by atoms with Gasteiger partial charge in [-0.15, -0.1) is 0 Å². The average Bonchev–Trinajstić information content (AvgIpc) is 2.59. The van der Waals surface area contributed by atoms with E-state index < -0.39 is 0 Å². The monoisotopic (exact) mass is 235 g/mol. The summed E-state index contributed by atoms with van der Waals surface area (Å²) < 4.78 is 1.93. The van der Waals surface area contributed by atoms with Gasteiger partial charge in [0.1, 0.15) is 0 Å². The normalized spacial score (nSPS) is 10.7. The molecule has 0 saturated carbocycles. The maximum Gasteiger partial charge on any atom is 0.286 e. The first-order valence-electron chi connectivity index (χ1n) is 4.91. The number of aryl methyl sites for hydroxylation is 1. The lowest BCUT2D eigenvalue weighted by Crippen LogP contribution is -2.16. The maximum absolute atomic E-state index is 11.6. The Hall–Kier alpha value is -1.49. The van der Waals surface area contributed by atoms with E-state index in [0.717, 1.165) is 16.2 Å². The molecule has 1 amide bonds. The van der Waals surface area contributed by atoms with Crippen LogP contribution in [0.2, 0.25) is 0 Å². The number of carbonyl (C=O) groups excluding carboxylic acids is 1. The van der Waals surface area contributed by atoms with Crippen LogP contribution >= 0.6 is 11.8 Å². The third-order valence-corrected chi connectivity index (χ3v) is 3.21. The molecule has 0 radical (unpaired) electrons. The predicted octanol–water partition coefficient (Wildman–Crippen LogP) is 2.42. The van der Waals surface area contributed by atoms with Crippen LogP contribution in [0.15, 0.2) is 29.4 Å². The van der Waals surface area contributed by atoms with Crippen LogP contribution in [0.3, 0.4) is 0 Å². The van der Waals surface area contributed by atoms with Crippen LogP contribution in [0.4, 0.5) is 4.79 Å². The molecule has 0 aliphatic rings. The predicted molar refractivity (Wildman–Crippen MR) is 64.9 cm³/mol. The second-order valence-corrected chi connectivity index (χ2v) is 4.74. The molecule has 0 bridgehead atoms. The minimum atomic E-state index is 0.00810. The van der Waals surface area contributed by atoms with Gasteiger partial charge in [-0.1, -0.05) is 0 Å². The number of thioether (sulfide) groups is 1. The molecule has 2 rings (SSSR count). The molecule has 2 aromatic heterocycles. The Morgan fingerprint density at radius 1 is 1.50 bits per heavy atom. The summed E-state index contributed by atoms with van der Waals surface area (Å²) in [4.78, 5) is 18.5. The molecule has 0 aliphatic heterocycles. The van der Waals surface area contributed by atoms with Crippen LogP contribution in [0.1, 0.15) is 5.69 Å². The quantitative estimate of drug-likeness (QED) is 0.712. The molecule has 5 heteroatoms. The highest BCUT2D eigenvalue weighted by Crippen LogP contribution is 2.24. The first-order valence-corrected chi connectivity index (χ1v) is 5.73. The van der Waals surface area contributed by atoms with Crippen LogP contribution in [0.25, 0.3) is 5.65 Å². The van der Waals surface area contributed by atoms with Crippen LogP contribution in [-0.2, 0) is 0 Å². The van der Waals surface area contributed by atoms with Crippen LogP contribution < -0.4 is 0 Å². The number of imidazole rings is 1. The Bertz CT molecular complexity index is 533. The zero-order valence-electron chi connectivity index (χ0n) is 9.47. The van der Waals surface area contributed by atoms with Crippen molar-refractivity contribution >= 4 is 22.6 Å². The number of fused-ring (bicyclic) bond motifs is 1. The van der Waals surface area contributed by atoms with E-state index >= 15 is 0 Å². The first-order chi connectivity index (χ1) is 7.58. The summed E-state index contributed by atoms with van der Waals surface area (Å²) in [6, 6.07) is 3.83. The molecule has 2 aromatic rings. The second-order valence-electron chi connectivity index (χ2n) is 3.75. The smallest absolute Gasteiger partial charge is 0.286 e. The van der Waals surface area contributed by atoms with Gasteiger partial charge in [0, 0.05) is 26.5 Å². The molecule has 4 nitrogen and oxygen atoms in total. The molecular weight excluding hydrogens is 222 g/mol. The van der Waals surface area contributed by atoms with Crippen LogP contribution in [0, 0.1) is 6.92 Å². The number of hydrogen-bond donors (Lipinski definition) is 0. The standard InChI is InChI=1S/C11H13N3OS/c1-8-7-14-6-4-5-9(10(14)12-8)16-11(15)13(2)3/h4-7H,1-3H3. The molecule has 0 aromatic carbocycles. The zero-order chi connectivity index (χ0) is 11.7. The maximum atomic E-state index is 11.6. The van der Waals surface area contributed by atoms with Gasteiger partial charge in [-0.25, -0.2) is 4.98 Å². The number of rotatable bonds is 1. The Labute approximate surface area is 98.3 Å². The minimum absolute atomic E-state index is 0.00810. The van der Waals surface area contributed by atoms with Gasteiger partial charge in [-0.05, 0) is 30.8 Å². The van der Waals surface area contributed by atoms with Crippen molar-refractivity contribution in [2.75, 3.05) is 14.1 Å². The minimum Gasteiger partial charge on any atom is -0.339 e. The van der Waals surface area contributed by atoms with Crippen LogP contribution in [0.5, 0.6) is 0 Å². The lowest BCUT2D eigenvalue weighted by molar-refractivity contribution is 0.241. The van der Waals surface area contributed by atoms with Gasteiger partial charge in [0.05, 0.1) is 10.6 Å². The lowest BCUT2D eigenvalue weighted by atomic mass is 10.5. The fourth-order valence-electron chi connectivity index (χ4n) is 1.37. The molecule has 0 atom stereocenters. The van der Waals surface area contributed by atoms with E-state index in [1.165, 1.54) is 11.8 Å². The molecule has 0 aliphatic carbocycles. The van der Waals surface area contributed by atoms with Gasteiger partial charge in [0.25, 0.3) is 5.24 Å². The molecule has 0 saturated heterocycles. The number of carbonyl (C=O) groups is 1. The summed E-state index contributed by atoms with van der Waals surface area (Å²) in [5.41, 5.74) is 1.78. The third-order valence-electron chi connectivity index (χ3n) is 2.13. The SMILES string of the molecule is Cc1cn2cccc(SC(=O)N(C)C)c2n1. The molecule has 2 heterocycles. The molecule has 0 N–H and O–H groups in total. The summed E-state index contributed by atoms with van der Waals surface area (Å²) in [5, 5.41) is 0.00810. The fourth-order valence-corrected chi connectivity index (χ4v) is 2.13. The van der Waals surface area contributed by atoms with Crippen molar-refractivity contribution in [3.8, 4) is 0 Å². The number of nitrogens with zero attached hydrogens (tertiary/aromatic N) is 3. The average molecular weight is 235 g/mol. The Balaban J connectivity index is 2.40. The number of amides is 1. The Morgan fingerprint density at radius 3 is 2.94 bits per heavy atom. The van der Waals surface area contributed by atoms with Crippen molar-refractivity contribution in [1.82, 2.24) is 14.3 Å². The van der Waals surface area contributed by atoms with E-state index in [2.05, 4.69) is 4.98 Å². The van der Waals surface area contributed by atoms with E-state index in [4.69, 9.17) is 0 Å². The molecule has 16 heavy (non-hydrogen) atoms. The van der Waals surface area contributed by atoms with Crippen molar-refractivity contribution in [2.24, 2.45) is 0 Å². The van der Waals surface area contributed by atoms with E-state index in [9.17, 15) is 4.79 Å². The van der Waals surface area contributed by atoms with Gasteiger partial charge in [0.2, 0.25) is 0 Å².